The van der Waals surface area contributed by atoms with Gasteiger partial charge >= 0.3 is 0 Å². The van der Waals surface area contributed by atoms with Crippen LogP contribution >= 0.6 is 24.8 Å². The third-order valence-electron chi connectivity index (χ3n) is 4.88. The number of hydrogen-bond acceptors (Lipinski definition) is 3. The first kappa shape index (κ1) is 20.5. The van der Waals surface area contributed by atoms with Crippen molar-refractivity contribution in [1.29, 1.82) is 0 Å². The highest BCUT2D eigenvalue weighted by Gasteiger charge is 2.22. The molecule has 1 N–H and O–H groups in total. The molecule has 1 aromatic carbocycles. The molecule has 1 fully saturated rings. The highest BCUT2D eigenvalue weighted by Crippen LogP contribution is 2.30. The van der Waals surface area contributed by atoms with E-state index in [0.29, 0.717) is 12.1 Å². The van der Waals surface area contributed by atoms with E-state index in [1.165, 1.54) is 11.1 Å². The summed E-state index contributed by atoms with van der Waals surface area (Å²) >= 11 is 0. The number of hydrogen-bond donors (Lipinski definition) is 1. The summed E-state index contributed by atoms with van der Waals surface area (Å²) in [5.41, 5.74) is 3.49. The smallest absolute Gasteiger partial charge is 0.140 e. The van der Waals surface area contributed by atoms with Gasteiger partial charge in [-0.1, -0.05) is 0 Å². The van der Waals surface area contributed by atoms with Crippen molar-refractivity contribution in [2.24, 2.45) is 0 Å². The van der Waals surface area contributed by atoms with Gasteiger partial charge in [-0.25, -0.2) is 9.67 Å². The van der Waals surface area contributed by atoms with Gasteiger partial charge in [0.05, 0.1) is 5.69 Å². The number of benzene rings is 1. The van der Waals surface area contributed by atoms with Crippen LogP contribution in [0, 0.1) is 6.92 Å². The van der Waals surface area contributed by atoms with Crippen molar-refractivity contribution < 1.29 is 0 Å². The Morgan fingerprint density at radius 3 is 2.69 bits per heavy atom. The number of imidazole rings is 1. The maximum absolute atomic E-state index is 4.66. The number of aromatic nitrogens is 4. The minimum atomic E-state index is 0. The van der Waals surface area contributed by atoms with E-state index >= 15 is 0 Å². The van der Waals surface area contributed by atoms with Crippen molar-refractivity contribution in [3.8, 4) is 17.1 Å². The second-order valence-electron chi connectivity index (χ2n) is 6.64. The quantitative estimate of drug-likeness (QED) is 0.724. The summed E-state index contributed by atoms with van der Waals surface area (Å²) in [6, 6.07) is 9.46. The zero-order chi connectivity index (χ0) is 16.5. The van der Waals surface area contributed by atoms with Gasteiger partial charge in [0.1, 0.15) is 5.82 Å². The fourth-order valence-electron chi connectivity index (χ4n) is 3.64. The average molecular weight is 394 g/mol. The van der Waals surface area contributed by atoms with Gasteiger partial charge in [0.15, 0.2) is 0 Å². The lowest BCUT2D eigenvalue weighted by atomic mass is 9.99. The molecule has 2 atom stereocenters. The number of aryl methyl sites for hydroxylation is 1. The van der Waals surface area contributed by atoms with Crippen LogP contribution < -0.4 is 5.32 Å². The topological polar surface area (TPSA) is 47.7 Å². The molecule has 4 rings (SSSR count). The summed E-state index contributed by atoms with van der Waals surface area (Å²) < 4.78 is 4.24. The van der Waals surface area contributed by atoms with E-state index in [9.17, 15) is 0 Å². The van der Waals surface area contributed by atoms with Crippen molar-refractivity contribution in [3.63, 3.8) is 0 Å². The molecule has 1 saturated heterocycles. The highest BCUT2D eigenvalue weighted by molar-refractivity contribution is 5.85. The van der Waals surface area contributed by atoms with E-state index in [-0.39, 0.29) is 24.8 Å². The van der Waals surface area contributed by atoms with Crippen LogP contribution in [0.25, 0.3) is 17.1 Å². The summed E-state index contributed by atoms with van der Waals surface area (Å²) in [4.78, 5) is 4.66. The zero-order valence-corrected chi connectivity index (χ0v) is 16.6. The van der Waals surface area contributed by atoms with Gasteiger partial charge < -0.3 is 9.88 Å². The molecule has 3 heterocycles. The van der Waals surface area contributed by atoms with Gasteiger partial charge in [-0.3, -0.25) is 0 Å². The SMILES string of the molecule is Cc1cc(-n2cccn2)ccc1-c1nccn1[C@@H]1CCN[C@H](C)C1.Cl.Cl. The Bertz CT molecular complexity index is 828. The molecule has 0 saturated carbocycles. The summed E-state index contributed by atoms with van der Waals surface area (Å²) in [6.07, 6.45) is 10.1. The fourth-order valence-corrected chi connectivity index (χ4v) is 3.64. The van der Waals surface area contributed by atoms with Gasteiger partial charge in [-0.15, -0.1) is 24.8 Å². The first-order valence-electron chi connectivity index (χ1n) is 8.59. The Kier molecular flexibility index (Phi) is 6.87. The number of nitrogens with one attached hydrogen (secondary N) is 1. The molecule has 7 heteroatoms. The van der Waals surface area contributed by atoms with Gasteiger partial charge in [0.25, 0.3) is 0 Å². The molecule has 0 unspecified atom stereocenters. The van der Waals surface area contributed by atoms with E-state index in [1.54, 1.807) is 6.20 Å². The number of nitrogens with zero attached hydrogens (tertiary/aromatic N) is 4. The highest BCUT2D eigenvalue weighted by atomic mass is 35.5. The summed E-state index contributed by atoms with van der Waals surface area (Å²) in [7, 11) is 0. The van der Waals surface area contributed by atoms with Gasteiger partial charge in [0.2, 0.25) is 0 Å². The first-order valence-corrected chi connectivity index (χ1v) is 8.59. The van der Waals surface area contributed by atoms with Crippen LogP contribution in [-0.2, 0) is 0 Å². The second kappa shape index (κ2) is 8.71. The zero-order valence-electron chi connectivity index (χ0n) is 15.0. The Balaban J connectivity index is 0.00000121. The Morgan fingerprint density at radius 1 is 1.15 bits per heavy atom. The van der Waals surface area contributed by atoms with E-state index in [1.807, 2.05) is 23.1 Å². The van der Waals surface area contributed by atoms with Crippen molar-refractivity contribution in [2.75, 3.05) is 6.54 Å². The third-order valence-corrected chi connectivity index (χ3v) is 4.88. The van der Waals surface area contributed by atoms with Gasteiger partial charge in [-0.2, -0.15) is 5.10 Å². The third kappa shape index (κ3) is 3.95. The Labute approximate surface area is 166 Å². The second-order valence-corrected chi connectivity index (χ2v) is 6.64. The Hall–Kier alpha value is -1.82. The van der Waals surface area contributed by atoms with E-state index < -0.39 is 0 Å². The number of rotatable bonds is 3. The number of piperidine rings is 1. The molecule has 5 nitrogen and oxygen atoms in total. The Morgan fingerprint density at radius 2 is 2.00 bits per heavy atom. The lowest BCUT2D eigenvalue weighted by Crippen LogP contribution is -2.36. The summed E-state index contributed by atoms with van der Waals surface area (Å²) in [5, 5.41) is 7.83. The molecule has 0 amide bonds. The van der Waals surface area contributed by atoms with Gasteiger partial charge in [0, 0.05) is 42.4 Å². The minimum absolute atomic E-state index is 0. The fraction of sp³-hybridized carbons (Fsp3) is 0.368. The molecule has 140 valence electrons. The summed E-state index contributed by atoms with van der Waals surface area (Å²) in [5.74, 6) is 1.07. The van der Waals surface area contributed by atoms with Crippen LogP contribution in [0.15, 0.2) is 49.1 Å². The largest absolute Gasteiger partial charge is 0.328 e. The predicted molar refractivity (Wildman–Crippen MR) is 110 cm³/mol. The minimum Gasteiger partial charge on any atom is -0.328 e. The molecule has 26 heavy (non-hydrogen) atoms. The molecule has 0 spiro atoms. The molecule has 2 aromatic heterocycles. The van der Waals surface area contributed by atoms with Crippen LogP contribution in [0.2, 0.25) is 0 Å². The van der Waals surface area contributed by atoms with E-state index in [4.69, 9.17) is 0 Å². The van der Waals surface area contributed by atoms with Crippen molar-refractivity contribution in [1.82, 2.24) is 24.6 Å². The predicted octanol–water partition coefficient (Wildman–Crippen LogP) is 4.20. The molecular formula is C19H25Cl2N5. The summed E-state index contributed by atoms with van der Waals surface area (Å²) in [6.45, 7) is 5.47. The van der Waals surface area contributed by atoms with Gasteiger partial charge in [-0.05, 0) is 63.1 Å². The maximum atomic E-state index is 4.66. The maximum Gasteiger partial charge on any atom is 0.140 e. The number of halogens is 2. The molecular weight excluding hydrogens is 369 g/mol. The van der Waals surface area contributed by atoms with Crippen LogP contribution in [0.4, 0.5) is 0 Å². The average Bonchev–Trinajstić information content (AvgIpc) is 3.26. The van der Waals surface area contributed by atoms with Crippen molar-refractivity contribution in [3.05, 3.63) is 54.6 Å². The van der Waals surface area contributed by atoms with Crippen LogP contribution in [0.5, 0.6) is 0 Å². The lowest BCUT2D eigenvalue weighted by Gasteiger charge is -2.30. The molecule has 0 radical (unpaired) electrons. The molecule has 1 aliphatic rings. The standard InChI is InChI=1S/C19H23N5.2ClH/c1-14-12-17(24-10-3-7-22-24)4-5-18(14)19-21-9-11-23(19)16-6-8-20-15(2)13-16;;/h3-5,7,9-12,15-16,20H,6,8,13H2,1-2H3;2*1H/t15-,16-;;/m1../s1. The first-order chi connectivity index (χ1) is 11.7. The monoisotopic (exact) mass is 393 g/mol. The normalized spacial score (nSPS) is 19.5. The van der Waals surface area contributed by atoms with Crippen LogP contribution in [0.3, 0.4) is 0 Å². The van der Waals surface area contributed by atoms with Crippen molar-refractivity contribution >= 4 is 24.8 Å². The van der Waals surface area contributed by atoms with Crippen molar-refractivity contribution in [2.45, 2.75) is 38.8 Å². The van der Waals surface area contributed by atoms with Crippen LogP contribution in [-0.4, -0.2) is 31.9 Å². The van der Waals surface area contributed by atoms with E-state index in [2.05, 4.69) is 58.2 Å². The molecule has 3 aromatic rings. The molecule has 0 aliphatic carbocycles. The van der Waals surface area contributed by atoms with E-state index in [0.717, 1.165) is 30.9 Å². The molecule has 0 bridgehead atoms. The van der Waals surface area contributed by atoms with Crippen LogP contribution in [0.1, 0.15) is 31.4 Å². The molecule has 1 aliphatic heterocycles. The lowest BCUT2D eigenvalue weighted by molar-refractivity contribution is 0.315.